The average molecular weight is 211 g/mol. The largest absolute Gasteiger partial charge is 0.356 e. The molecule has 3 nitrogen and oxygen atoms in total. The van der Waals surface area contributed by atoms with Crippen molar-refractivity contribution < 1.29 is 0 Å². The van der Waals surface area contributed by atoms with Crippen LogP contribution >= 0.6 is 0 Å². The molecule has 0 spiro atoms. The molecule has 0 aliphatic carbocycles. The van der Waals surface area contributed by atoms with Crippen molar-refractivity contribution in [3.05, 3.63) is 0 Å². The molecule has 3 heteroatoms. The van der Waals surface area contributed by atoms with E-state index in [9.17, 15) is 0 Å². The minimum absolute atomic E-state index is 0.440. The molecule has 1 rings (SSSR count). The summed E-state index contributed by atoms with van der Waals surface area (Å²) in [6, 6.07) is 0. The second-order valence-electron chi connectivity index (χ2n) is 5.66. The Kier molecular flexibility index (Phi) is 4.00. The third kappa shape index (κ3) is 3.73. The molecule has 1 heterocycles. The summed E-state index contributed by atoms with van der Waals surface area (Å²) in [6.45, 7) is 12.3. The van der Waals surface area contributed by atoms with Crippen molar-refractivity contribution in [1.82, 2.24) is 10.2 Å². The van der Waals surface area contributed by atoms with Crippen molar-refractivity contribution in [2.75, 3.05) is 26.7 Å². The number of nitrogens with one attached hydrogen (secondary N) is 1. The summed E-state index contributed by atoms with van der Waals surface area (Å²) >= 11 is 0. The van der Waals surface area contributed by atoms with E-state index >= 15 is 0 Å². The van der Waals surface area contributed by atoms with E-state index in [2.05, 4.69) is 42.9 Å². The monoisotopic (exact) mass is 211 g/mol. The van der Waals surface area contributed by atoms with Gasteiger partial charge in [0.25, 0.3) is 0 Å². The van der Waals surface area contributed by atoms with Gasteiger partial charge in [-0.05, 0) is 17.8 Å². The van der Waals surface area contributed by atoms with Gasteiger partial charge in [0, 0.05) is 26.7 Å². The summed E-state index contributed by atoms with van der Waals surface area (Å²) in [7, 11) is 1.87. The highest BCUT2D eigenvalue weighted by molar-refractivity contribution is 5.80. The zero-order valence-corrected chi connectivity index (χ0v) is 10.8. The van der Waals surface area contributed by atoms with Crippen LogP contribution in [-0.2, 0) is 0 Å². The molecule has 1 aliphatic rings. The SMILES string of the molecule is CN=C(NCC(C)C)N1CCC(C)(C)C1. The van der Waals surface area contributed by atoms with Crippen molar-refractivity contribution in [3.63, 3.8) is 0 Å². The third-order valence-electron chi connectivity index (χ3n) is 2.86. The number of rotatable bonds is 2. The van der Waals surface area contributed by atoms with Gasteiger partial charge in [0.1, 0.15) is 0 Å². The van der Waals surface area contributed by atoms with Gasteiger partial charge < -0.3 is 10.2 Å². The highest BCUT2D eigenvalue weighted by Gasteiger charge is 2.30. The van der Waals surface area contributed by atoms with Crippen LogP contribution in [0.2, 0.25) is 0 Å². The number of nitrogens with zero attached hydrogens (tertiary/aromatic N) is 2. The van der Waals surface area contributed by atoms with Crippen LogP contribution in [-0.4, -0.2) is 37.5 Å². The fourth-order valence-corrected chi connectivity index (χ4v) is 1.92. The molecule has 0 aromatic rings. The fraction of sp³-hybridized carbons (Fsp3) is 0.917. The van der Waals surface area contributed by atoms with Crippen LogP contribution in [0.3, 0.4) is 0 Å². The molecule has 1 fully saturated rings. The predicted octanol–water partition coefficient (Wildman–Crippen LogP) is 1.95. The zero-order chi connectivity index (χ0) is 11.5. The molecule has 0 bridgehead atoms. The summed E-state index contributed by atoms with van der Waals surface area (Å²) in [5, 5.41) is 3.42. The van der Waals surface area contributed by atoms with E-state index in [1.165, 1.54) is 6.42 Å². The second kappa shape index (κ2) is 4.86. The first-order chi connectivity index (χ1) is 6.94. The van der Waals surface area contributed by atoms with E-state index in [4.69, 9.17) is 0 Å². The van der Waals surface area contributed by atoms with Gasteiger partial charge in [0.05, 0.1) is 0 Å². The molecule has 1 aliphatic heterocycles. The molecule has 15 heavy (non-hydrogen) atoms. The topological polar surface area (TPSA) is 27.6 Å². The summed E-state index contributed by atoms with van der Waals surface area (Å²) in [5.74, 6) is 1.73. The molecule has 0 atom stereocenters. The van der Waals surface area contributed by atoms with Crippen LogP contribution in [0.5, 0.6) is 0 Å². The number of guanidine groups is 1. The number of hydrogen-bond acceptors (Lipinski definition) is 1. The maximum absolute atomic E-state index is 4.34. The Hall–Kier alpha value is -0.730. The Labute approximate surface area is 94.0 Å². The molecule has 1 N–H and O–H groups in total. The minimum Gasteiger partial charge on any atom is -0.356 e. The zero-order valence-electron chi connectivity index (χ0n) is 10.8. The molecule has 0 saturated carbocycles. The van der Waals surface area contributed by atoms with Gasteiger partial charge >= 0.3 is 0 Å². The van der Waals surface area contributed by atoms with E-state index in [-0.39, 0.29) is 0 Å². The first-order valence-corrected chi connectivity index (χ1v) is 5.90. The molecule has 0 unspecified atom stereocenters. The van der Waals surface area contributed by atoms with Crippen LogP contribution in [0.15, 0.2) is 4.99 Å². The molecular weight excluding hydrogens is 186 g/mol. The Morgan fingerprint density at radius 3 is 2.53 bits per heavy atom. The Morgan fingerprint density at radius 1 is 1.47 bits per heavy atom. The molecule has 1 saturated heterocycles. The summed E-state index contributed by atoms with van der Waals surface area (Å²) in [6.07, 6.45) is 1.26. The highest BCUT2D eigenvalue weighted by Crippen LogP contribution is 2.28. The lowest BCUT2D eigenvalue weighted by atomic mass is 9.93. The first-order valence-electron chi connectivity index (χ1n) is 5.90. The van der Waals surface area contributed by atoms with Crippen molar-refractivity contribution in [1.29, 1.82) is 0 Å². The van der Waals surface area contributed by atoms with Crippen molar-refractivity contribution in [2.24, 2.45) is 16.3 Å². The summed E-state index contributed by atoms with van der Waals surface area (Å²) in [5.41, 5.74) is 0.440. The van der Waals surface area contributed by atoms with Crippen molar-refractivity contribution in [3.8, 4) is 0 Å². The van der Waals surface area contributed by atoms with Gasteiger partial charge in [0.2, 0.25) is 0 Å². The highest BCUT2D eigenvalue weighted by atomic mass is 15.3. The van der Waals surface area contributed by atoms with Gasteiger partial charge in [-0.25, -0.2) is 0 Å². The number of likely N-dealkylation sites (tertiary alicyclic amines) is 1. The van der Waals surface area contributed by atoms with E-state index in [1.807, 2.05) is 7.05 Å². The van der Waals surface area contributed by atoms with Gasteiger partial charge in [-0.15, -0.1) is 0 Å². The molecule has 88 valence electrons. The van der Waals surface area contributed by atoms with Crippen molar-refractivity contribution >= 4 is 5.96 Å². The number of hydrogen-bond donors (Lipinski definition) is 1. The van der Waals surface area contributed by atoms with Gasteiger partial charge in [0.15, 0.2) is 5.96 Å². The molecule has 0 radical (unpaired) electrons. The summed E-state index contributed by atoms with van der Waals surface area (Å²) < 4.78 is 0. The van der Waals surface area contributed by atoms with Crippen LogP contribution in [0.25, 0.3) is 0 Å². The smallest absolute Gasteiger partial charge is 0.193 e. The predicted molar refractivity (Wildman–Crippen MR) is 66.2 cm³/mol. The lowest BCUT2D eigenvalue weighted by Gasteiger charge is -2.24. The van der Waals surface area contributed by atoms with E-state index in [1.54, 1.807) is 0 Å². The molecule has 0 aromatic heterocycles. The average Bonchev–Trinajstić information content (AvgIpc) is 2.47. The normalized spacial score (nSPS) is 21.2. The summed E-state index contributed by atoms with van der Waals surface area (Å²) in [4.78, 5) is 6.70. The fourth-order valence-electron chi connectivity index (χ4n) is 1.92. The van der Waals surface area contributed by atoms with Gasteiger partial charge in [-0.1, -0.05) is 27.7 Å². The second-order valence-corrected chi connectivity index (χ2v) is 5.66. The van der Waals surface area contributed by atoms with Crippen LogP contribution < -0.4 is 5.32 Å². The van der Waals surface area contributed by atoms with E-state index < -0.39 is 0 Å². The molecule has 0 aromatic carbocycles. The van der Waals surface area contributed by atoms with Crippen molar-refractivity contribution in [2.45, 2.75) is 34.1 Å². The maximum Gasteiger partial charge on any atom is 0.193 e. The van der Waals surface area contributed by atoms with Crippen LogP contribution in [0, 0.1) is 11.3 Å². The lowest BCUT2D eigenvalue weighted by Crippen LogP contribution is -2.42. The standard InChI is InChI=1S/C12H25N3/c1-10(2)8-14-11(13-5)15-7-6-12(3,4)9-15/h10H,6-9H2,1-5H3,(H,13,14). The molecule has 0 amide bonds. The van der Waals surface area contributed by atoms with Crippen LogP contribution in [0.4, 0.5) is 0 Å². The third-order valence-corrected chi connectivity index (χ3v) is 2.86. The first kappa shape index (κ1) is 12.3. The Morgan fingerprint density at radius 2 is 2.13 bits per heavy atom. The van der Waals surface area contributed by atoms with Gasteiger partial charge in [-0.2, -0.15) is 0 Å². The number of aliphatic imine (C=N–C) groups is 1. The van der Waals surface area contributed by atoms with E-state index in [0.29, 0.717) is 11.3 Å². The van der Waals surface area contributed by atoms with Gasteiger partial charge in [-0.3, -0.25) is 4.99 Å². The van der Waals surface area contributed by atoms with E-state index in [0.717, 1.165) is 25.6 Å². The van der Waals surface area contributed by atoms with Crippen LogP contribution in [0.1, 0.15) is 34.1 Å². The Balaban J connectivity index is 2.47. The minimum atomic E-state index is 0.440. The molecular formula is C12H25N3. The Bertz CT molecular complexity index is 231. The maximum atomic E-state index is 4.34. The quantitative estimate of drug-likeness (QED) is 0.558. The lowest BCUT2D eigenvalue weighted by molar-refractivity contribution is 0.369.